The molecule has 3 heteroatoms. The van der Waals surface area contributed by atoms with E-state index in [0.717, 1.165) is 25.0 Å². The minimum Gasteiger partial charge on any atom is -0.392 e. The summed E-state index contributed by atoms with van der Waals surface area (Å²) in [6, 6.07) is 8.51. The van der Waals surface area contributed by atoms with E-state index < -0.39 is 0 Å². The van der Waals surface area contributed by atoms with E-state index in [1.807, 2.05) is 11.8 Å². The maximum atomic E-state index is 10.9. The van der Waals surface area contributed by atoms with Crippen LogP contribution in [0.1, 0.15) is 24.0 Å². The number of hydrogen-bond acceptors (Lipinski definition) is 3. The van der Waals surface area contributed by atoms with Crippen LogP contribution in [0.3, 0.4) is 0 Å². The topological polar surface area (TPSA) is 46.2 Å². The van der Waals surface area contributed by atoms with Crippen molar-refractivity contribution < 1.29 is 5.11 Å². The molecule has 2 aliphatic rings. The molecule has 1 aliphatic carbocycles. The lowest BCUT2D eigenvalue weighted by Gasteiger charge is -2.37. The fourth-order valence-electron chi connectivity index (χ4n) is 3.61. The molecule has 3 unspecified atom stereocenters. The highest BCUT2D eigenvalue weighted by Gasteiger charge is 2.46. The summed E-state index contributed by atoms with van der Waals surface area (Å²) in [4.78, 5) is 0. The van der Waals surface area contributed by atoms with E-state index in [1.165, 1.54) is 16.9 Å². The van der Waals surface area contributed by atoms with Gasteiger partial charge in [-0.25, -0.2) is 0 Å². The number of aryl methyl sites for hydroxylation is 1. The molecule has 0 saturated carbocycles. The highest BCUT2D eigenvalue weighted by molar-refractivity contribution is 7.99. The van der Waals surface area contributed by atoms with Gasteiger partial charge in [-0.3, -0.25) is 0 Å². The van der Waals surface area contributed by atoms with Crippen molar-refractivity contribution in [2.24, 2.45) is 11.7 Å². The zero-order valence-corrected chi connectivity index (χ0v) is 11.5. The van der Waals surface area contributed by atoms with Crippen molar-refractivity contribution in [1.82, 2.24) is 0 Å². The van der Waals surface area contributed by atoms with Crippen molar-refractivity contribution in [2.75, 3.05) is 18.1 Å². The number of fused-ring (bicyclic) bond motifs is 1. The molecular weight excluding hydrogens is 242 g/mol. The zero-order chi connectivity index (χ0) is 12.6. The summed E-state index contributed by atoms with van der Waals surface area (Å²) >= 11 is 1.96. The van der Waals surface area contributed by atoms with Crippen LogP contribution in [-0.2, 0) is 11.8 Å². The second kappa shape index (κ2) is 4.87. The molecule has 1 heterocycles. The number of rotatable bonds is 3. The van der Waals surface area contributed by atoms with Crippen LogP contribution in [0.15, 0.2) is 24.3 Å². The number of aliphatic hydroxyl groups excluding tert-OH is 1. The monoisotopic (exact) mass is 263 g/mol. The molecule has 3 N–H and O–H groups in total. The Hall–Kier alpha value is -0.510. The first-order chi connectivity index (χ1) is 8.78. The lowest BCUT2D eigenvalue weighted by molar-refractivity contribution is 0.0402. The molecule has 0 spiro atoms. The van der Waals surface area contributed by atoms with Gasteiger partial charge < -0.3 is 10.8 Å². The number of thioether (sulfide) groups is 1. The predicted molar refractivity (Wildman–Crippen MR) is 76.9 cm³/mol. The summed E-state index contributed by atoms with van der Waals surface area (Å²) in [5.41, 5.74) is 8.58. The average molecular weight is 263 g/mol. The molecule has 0 aromatic heterocycles. The molecule has 0 radical (unpaired) electrons. The van der Waals surface area contributed by atoms with E-state index >= 15 is 0 Å². The number of hydrogen-bond donors (Lipinski definition) is 2. The summed E-state index contributed by atoms with van der Waals surface area (Å²) in [5, 5.41) is 10.9. The SMILES string of the molecule is NCC1(C(O)C2CCSC2)CCc2ccccc21. The second-order valence-electron chi connectivity index (χ2n) is 5.59. The Morgan fingerprint density at radius 3 is 3.00 bits per heavy atom. The summed E-state index contributed by atoms with van der Waals surface area (Å²) in [7, 11) is 0. The standard InChI is InChI=1S/C15H21NOS/c16-10-15(14(17)12-6-8-18-9-12)7-5-11-3-1-2-4-13(11)15/h1-4,12,14,17H,5-10,16H2. The first kappa shape index (κ1) is 12.5. The van der Waals surface area contributed by atoms with Gasteiger partial charge in [-0.2, -0.15) is 11.8 Å². The molecule has 1 saturated heterocycles. The molecule has 1 aromatic carbocycles. The molecule has 1 fully saturated rings. The van der Waals surface area contributed by atoms with Crippen LogP contribution in [0.4, 0.5) is 0 Å². The van der Waals surface area contributed by atoms with Crippen LogP contribution in [0.25, 0.3) is 0 Å². The molecule has 1 aromatic rings. The maximum Gasteiger partial charge on any atom is 0.0685 e. The fourth-order valence-corrected chi connectivity index (χ4v) is 4.90. The molecule has 3 atom stereocenters. The maximum absolute atomic E-state index is 10.9. The quantitative estimate of drug-likeness (QED) is 0.876. The molecule has 18 heavy (non-hydrogen) atoms. The van der Waals surface area contributed by atoms with Gasteiger partial charge in [0.25, 0.3) is 0 Å². The minimum absolute atomic E-state index is 0.188. The Kier molecular flexibility index (Phi) is 3.39. The lowest BCUT2D eigenvalue weighted by atomic mass is 9.72. The fraction of sp³-hybridized carbons (Fsp3) is 0.600. The Morgan fingerprint density at radius 1 is 1.44 bits per heavy atom. The Balaban J connectivity index is 1.96. The number of aliphatic hydroxyl groups is 1. The van der Waals surface area contributed by atoms with Crippen LogP contribution in [-0.4, -0.2) is 29.3 Å². The second-order valence-corrected chi connectivity index (χ2v) is 6.74. The van der Waals surface area contributed by atoms with Crippen molar-refractivity contribution in [3.8, 4) is 0 Å². The molecule has 0 amide bonds. The molecule has 0 bridgehead atoms. The third-order valence-corrected chi connectivity index (χ3v) is 5.92. The van der Waals surface area contributed by atoms with E-state index in [4.69, 9.17) is 5.73 Å². The third kappa shape index (κ3) is 1.80. The normalized spacial score (nSPS) is 32.4. The van der Waals surface area contributed by atoms with Crippen molar-refractivity contribution in [2.45, 2.75) is 30.8 Å². The van der Waals surface area contributed by atoms with Crippen LogP contribution in [0.2, 0.25) is 0 Å². The number of nitrogens with two attached hydrogens (primary N) is 1. The van der Waals surface area contributed by atoms with Crippen LogP contribution < -0.4 is 5.73 Å². The first-order valence-electron chi connectivity index (χ1n) is 6.82. The average Bonchev–Trinajstić information content (AvgIpc) is 3.06. The smallest absolute Gasteiger partial charge is 0.0685 e. The number of benzene rings is 1. The highest BCUT2D eigenvalue weighted by Crippen LogP contribution is 2.45. The lowest BCUT2D eigenvalue weighted by Crippen LogP contribution is -2.48. The van der Waals surface area contributed by atoms with E-state index in [9.17, 15) is 5.11 Å². The summed E-state index contributed by atoms with van der Waals surface area (Å²) in [5.74, 6) is 2.69. The predicted octanol–water partition coefficient (Wildman–Crippen LogP) is 1.94. The van der Waals surface area contributed by atoms with Gasteiger partial charge in [-0.1, -0.05) is 24.3 Å². The van der Waals surface area contributed by atoms with Gasteiger partial charge in [-0.15, -0.1) is 0 Å². The largest absolute Gasteiger partial charge is 0.392 e. The summed E-state index contributed by atoms with van der Waals surface area (Å²) < 4.78 is 0. The third-order valence-electron chi connectivity index (χ3n) is 4.74. The van der Waals surface area contributed by atoms with Crippen molar-refractivity contribution in [1.29, 1.82) is 0 Å². The molecular formula is C15H21NOS. The van der Waals surface area contributed by atoms with Crippen LogP contribution in [0.5, 0.6) is 0 Å². The van der Waals surface area contributed by atoms with E-state index in [-0.39, 0.29) is 11.5 Å². The van der Waals surface area contributed by atoms with Gasteiger partial charge in [-0.05, 0) is 47.8 Å². The van der Waals surface area contributed by atoms with Crippen LogP contribution in [0, 0.1) is 5.92 Å². The minimum atomic E-state index is -0.277. The van der Waals surface area contributed by atoms with Gasteiger partial charge in [0.05, 0.1) is 6.10 Å². The molecule has 98 valence electrons. The van der Waals surface area contributed by atoms with Gasteiger partial charge in [0.15, 0.2) is 0 Å². The highest BCUT2D eigenvalue weighted by atomic mass is 32.2. The van der Waals surface area contributed by atoms with Gasteiger partial charge in [0.1, 0.15) is 0 Å². The van der Waals surface area contributed by atoms with E-state index in [0.29, 0.717) is 12.5 Å². The molecule has 2 nitrogen and oxygen atoms in total. The summed E-state index contributed by atoms with van der Waals surface area (Å²) in [6.07, 6.45) is 2.92. The van der Waals surface area contributed by atoms with Crippen molar-refractivity contribution >= 4 is 11.8 Å². The molecule has 1 aliphatic heterocycles. The van der Waals surface area contributed by atoms with Crippen LogP contribution >= 0.6 is 11.8 Å². The Labute approximate surface area is 113 Å². The summed E-state index contributed by atoms with van der Waals surface area (Å²) in [6.45, 7) is 0.562. The van der Waals surface area contributed by atoms with Crippen molar-refractivity contribution in [3.05, 3.63) is 35.4 Å². The van der Waals surface area contributed by atoms with E-state index in [2.05, 4.69) is 24.3 Å². The zero-order valence-electron chi connectivity index (χ0n) is 10.6. The first-order valence-corrected chi connectivity index (χ1v) is 7.98. The Morgan fingerprint density at radius 2 is 2.28 bits per heavy atom. The Bertz CT molecular complexity index is 430. The van der Waals surface area contributed by atoms with Crippen molar-refractivity contribution in [3.63, 3.8) is 0 Å². The molecule has 3 rings (SSSR count). The van der Waals surface area contributed by atoms with Gasteiger partial charge >= 0.3 is 0 Å². The van der Waals surface area contributed by atoms with Gasteiger partial charge in [0.2, 0.25) is 0 Å². The van der Waals surface area contributed by atoms with E-state index in [1.54, 1.807) is 0 Å². The van der Waals surface area contributed by atoms with Gasteiger partial charge in [0, 0.05) is 12.0 Å².